The Morgan fingerprint density at radius 3 is 2.74 bits per heavy atom. The van der Waals surface area contributed by atoms with Gasteiger partial charge in [0.25, 0.3) is 0 Å². The van der Waals surface area contributed by atoms with Crippen LogP contribution < -0.4 is 11.1 Å². The summed E-state index contributed by atoms with van der Waals surface area (Å²) in [5.74, 6) is 0.0904. The molecule has 0 spiro atoms. The molecule has 1 amide bonds. The minimum absolute atomic E-state index is 0.0904. The molecule has 0 radical (unpaired) electrons. The van der Waals surface area contributed by atoms with E-state index in [2.05, 4.69) is 24.1 Å². The first-order valence-corrected chi connectivity index (χ1v) is 6.94. The van der Waals surface area contributed by atoms with Gasteiger partial charge in [-0.3, -0.25) is 9.69 Å². The number of carbonyl (C=O) groups excluding carboxylic acids is 1. The first-order chi connectivity index (χ1) is 9.08. The van der Waals surface area contributed by atoms with E-state index in [-0.39, 0.29) is 11.9 Å². The second-order valence-electron chi connectivity index (χ2n) is 4.78. The molecule has 0 aliphatic heterocycles. The molecule has 0 saturated heterocycles. The van der Waals surface area contributed by atoms with Crippen molar-refractivity contribution in [3.63, 3.8) is 0 Å². The molecule has 0 aliphatic rings. The number of hydrogen-bond donors (Lipinski definition) is 2. The second-order valence-corrected chi connectivity index (χ2v) is 4.78. The Morgan fingerprint density at radius 2 is 2.16 bits per heavy atom. The minimum atomic E-state index is -0.127. The number of hydrogen-bond acceptors (Lipinski definition) is 3. The normalized spacial score (nSPS) is 12.4. The number of anilines is 1. The predicted molar refractivity (Wildman–Crippen MR) is 79.7 cm³/mol. The molecule has 0 aliphatic carbocycles. The SMILES string of the molecule is CCCNC(=O)C(C)N(CC)Cc1cccc(N)c1. The van der Waals surface area contributed by atoms with E-state index in [0.717, 1.165) is 37.3 Å². The van der Waals surface area contributed by atoms with Crippen molar-refractivity contribution < 1.29 is 4.79 Å². The predicted octanol–water partition coefficient (Wildman–Crippen LogP) is 2.01. The number of nitrogens with two attached hydrogens (primary N) is 1. The number of rotatable bonds is 7. The topological polar surface area (TPSA) is 58.4 Å². The second kappa shape index (κ2) is 7.79. The molecule has 0 saturated carbocycles. The Hall–Kier alpha value is -1.55. The van der Waals surface area contributed by atoms with Gasteiger partial charge in [-0.2, -0.15) is 0 Å². The van der Waals surface area contributed by atoms with Crippen molar-refractivity contribution in [1.82, 2.24) is 10.2 Å². The van der Waals surface area contributed by atoms with Gasteiger partial charge in [-0.1, -0.05) is 26.0 Å². The third kappa shape index (κ3) is 4.91. The number of carbonyl (C=O) groups is 1. The molecule has 1 atom stereocenters. The molecule has 4 heteroatoms. The molecule has 0 fully saturated rings. The molecule has 3 N–H and O–H groups in total. The number of amides is 1. The molecule has 1 aromatic carbocycles. The van der Waals surface area contributed by atoms with Crippen molar-refractivity contribution in [2.45, 2.75) is 39.8 Å². The van der Waals surface area contributed by atoms with Gasteiger partial charge >= 0.3 is 0 Å². The number of nitrogens with one attached hydrogen (secondary N) is 1. The fourth-order valence-corrected chi connectivity index (χ4v) is 2.01. The molecule has 0 bridgehead atoms. The van der Waals surface area contributed by atoms with Crippen molar-refractivity contribution >= 4 is 11.6 Å². The number of nitrogens with zero attached hydrogens (tertiary/aromatic N) is 1. The van der Waals surface area contributed by atoms with Crippen LogP contribution in [0.1, 0.15) is 32.8 Å². The number of likely N-dealkylation sites (N-methyl/N-ethyl adjacent to an activating group) is 1. The molecule has 0 aromatic heterocycles. The van der Waals surface area contributed by atoms with E-state index in [4.69, 9.17) is 5.73 Å². The minimum Gasteiger partial charge on any atom is -0.399 e. The molecular weight excluding hydrogens is 238 g/mol. The summed E-state index contributed by atoms with van der Waals surface area (Å²) in [5, 5.41) is 2.94. The van der Waals surface area contributed by atoms with Crippen LogP contribution in [-0.4, -0.2) is 29.9 Å². The van der Waals surface area contributed by atoms with E-state index in [1.807, 2.05) is 31.2 Å². The van der Waals surface area contributed by atoms with Crippen LogP contribution in [0.3, 0.4) is 0 Å². The van der Waals surface area contributed by atoms with Crippen molar-refractivity contribution in [1.29, 1.82) is 0 Å². The third-order valence-electron chi connectivity index (χ3n) is 3.22. The van der Waals surface area contributed by atoms with Crippen molar-refractivity contribution in [2.24, 2.45) is 0 Å². The molecule has 0 heterocycles. The highest BCUT2D eigenvalue weighted by molar-refractivity contribution is 5.81. The Balaban J connectivity index is 2.64. The van der Waals surface area contributed by atoms with Crippen LogP contribution in [0, 0.1) is 0 Å². The van der Waals surface area contributed by atoms with Gasteiger partial charge in [-0.25, -0.2) is 0 Å². The van der Waals surface area contributed by atoms with Crippen LogP contribution in [0.15, 0.2) is 24.3 Å². The first-order valence-electron chi connectivity index (χ1n) is 6.94. The van der Waals surface area contributed by atoms with Crippen LogP contribution in [0.25, 0.3) is 0 Å². The van der Waals surface area contributed by atoms with Gasteiger partial charge in [0.15, 0.2) is 0 Å². The van der Waals surface area contributed by atoms with E-state index < -0.39 is 0 Å². The summed E-state index contributed by atoms with van der Waals surface area (Å²) in [7, 11) is 0. The molecule has 106 valence electrons. The zero-order valence-electron chi connectivity index (χ0n) is 12.1. The summed E-state index contributed by atoms with van der Waals surface area (Å²) in [6.07, 6.45) is 0.958. The molecule has 1 unspecified atom stereocenters. The largest absolute Gasteiger partial charge is 0.399 e. The van der Waals surface area contributed by atoms with Crippen LogP contribution in [-0.2, 0) is 11.3 Å². The van der Waals surface area contributed by atoms with Crippen LogP contribution in [0.4, 0.5) is 5.69 Å². The maximum Gasteiger partial charge on any atom is 0.237 e. The van der Waals surface area contributed by atoms with Gasteiger partial charge < -0.3 is 11.1 Å². The fourth-order valence-electron chi connectivity index (χ4n) is 2.01. The lowest BCUT2D eigenvalue weighted by Gasteiger charge is -2.27. The number of benzene rings is 1. The molecule has 1 aromatic rings. The summed E-state index contributed by atoms with van der Waals surface area (Å²) in [6.45, 7) is 8.36. The van der Waals surface area contributed by atoms with Gasteiger partial charge in [0, 0.05) is 18.8 Å². The number of nitrogen functional groups attached to an aromatic ring is 1. The van der Waals surface area contributed by atoms with E-state index >= 15 is 0 Å². The fraction of sp³-hybridized carbons (Fsp3) is 0.533. The summed E-state index contributed by atoms with van der Waals surface area (Å²) in [4.78, 5) is 14.1. The van der Waals surface area contributed by atoms with Crippen molar-refractivity contribution in [2.75, 3.05) is 18.8 Å². The lowest BCUT2D eigenvalue weighted by molar-refractivity contribution is -0.126. The van der Waals surface area contributed by atoms with E-state index in [1.165, 1.54) is 0 Å². The Bertz CT molecular complexity index is 406. The Kier molecular flexibility index (Phi) is 6.36. The standard InChI is InChI=1S/C15H25N3O/c1-4-9-17-15(19)12(3)18(5-2)11-13-7-6-8-14(16)10-13/h6-8,10,12H,4-5,9,11,16H2,1-3H3,(H,17,19). The average molecular weight is 263 g/mol. The highest BCUT2D eigenvalue weighted by Crippen LogP contribution is 2.11. The molecule has 19 heavy (non-hydrogen) atoms. The smallest absolute Gasteiger partial charge is 0.237 e. The maximum absolute atomic E-state index is 12.0. The third-order valence-corrected chi connectivity index (χ3v) is 3.22. The Labute approximate surface area is 116 Å². The average Bonchev–Trinajstić information content (AvgIpc) is 2.41. The van der Waals surface area contributed by atoms with Crippen LogP contribution >= 0.6 is 0 Å². The molecule has 4 nitrogen and oxygen atoms in total. The van der Waals surface area contributed by atoms with Crippen molar-refractivity contribution in [3.8, 4) is 0 Å². The quantitative estimate of drug-likeness (QED) is 0.740. The molecule has 1 rings (SSSR count). The van der Waals surface area contributed by atoms with Gasteiger partial charge in [-0.05, 0) is 37.6 Å². The van der Waals surface area contributed by atoms with Crippen LogP contribution in [0.5, 0.6) is 0 Å². The summed E-state index contributed by atoms with van der Waals surface area (Å²) in [6, 6.07) is 7.69. The highest BCUT2D eigenvalue weighted by Gasteiger charge is 2.19. The van der Waals surface area contributed by atoms with Crippen LogP contribution in [0.2, 0.25) is 0 Å². The van der Waals surface area contributed by atoms with Gasteiger partial charge in [0.2, 0.25) is 5.91 Å². The summed E-state index contributed by atoms with van der Waals surface area (Å²) in [5.41, 5.74) is 7.68. The van der Waals surface area contributed by atoms with Crippen molar-refractivity contribution in [3.05, 3.63) is 29.8 Å². The van der Waals surface area contributed by atoms with E-state index in [9.17, 15) is 4.79 Å². The lowest BCUT2D eigenvalue weighted by Crippen LogP contribution is -2.44. The Morgan fingerprint density at radius 1 is 1.42 bits per heavy atom. The summed E-state index contributed by atoms with van der Waals surface area (Å²) < 4.78 is 0. The monoisotopic (exact) mass is 263 g/mol. The molecular formula is C15H25N3O. The lowest BCUT2D eigenvalue weighted by atomic mass is 10.1. The highest BCUT2D eigenvalue weighted by atomic mass is 16.2. The zero-order valence-corrected chi connectivity index (χ0v) is 12.1. The van der Waals surface area contributed by atoms with Gasteiger partial charge in [-0.15, -0.1) is 0 Å². The first kappa shape index (κ1) is 15.5. The van der Waals surface area contributed by atoms with Gasteiger partial charge in [0.05, 0.1) is 6.04 Å². The van der Waals surface area contributed by atoms with E-state index in [0.29, 0.717) is 0 Å². The van der Waals surface area contributed by atoms with Gasteiger partial charge in [0.1, 0.15) is 0 Å². The maximum atomic E-state index is 12.0. The zero-order chi connectivity index (χ0) is 14.3. The van der Waals surface area contributed by atoms with E-state index in [1.54, 1.807) is 0 Å². The summed E-state index contributed by atoms with van der Waals surface area (Å²) >= 11 is 0.